The zero-order valence-corrected chi connectivity index (χ0v) is 10.7. The molecule has 2 rings (SSSR count). The number of unbranched alkanes of at least 4 members (excludes halogenated alkanes) is 1. The Kier molecular flexibility index (Phi) is 4.22. The first-order valence-electron chi connectivity index (χ1n) is 6.26. The van der Waals surface area contributed by atoms with Crippen LogP contribution < -0.4 is 5.11 Å². The van der Waals surface area contributed by atoms with E-state index in [1.807, 2.05) is 24.3 Å². The Bertz CT molecular complexity index is 548. The number of rotatable bonds is 6. The summed E-state index contributed by atoms with van der Waals surface area (Å²) in [6, 6.07) is 7.84. The summed E-state index contributed by atoms with van der Waals surface area (Å²) in [5.41, 5.74) is 2.05. The van der Waals surface area contributed by atoms with Crippen LogP contribution >= 0.6 is 0 Å². The third-order valence-electron chi connectivity index (χ3n) is 2.84. The second-order valence-electron chi connectivity index (χ2n) is 4.33. The van der Waals surface area contributed by atoms with Gasteiger partial charge in [-0.25, -0.2) is 4.68 Å². The Morgan fingerprint density at radius 3 is 2.68 bits per heavy atom. The average Bonchev–Trinajstić information content (AvgIpc) is 2.84. The molecule has 1 aromatic carbocycles. The predicted octanol–water partition coefficient (Wildman–Crippen LogP) is 0.433. The van der Waals surface area contributed by atoms with Crippen molar-refractivity contribution in [3.05, 3.63) is 29.8 Å². The fourth-order valence-electron chi connectivity index (χ4n) is 1.84. The van der Waals surface area contributed by atoms with Gasteiger partial charge in [0.05, 0.1) is 12.5 Å². The lowest BCUT2D eigenvalue weighted by atomic mass is 10.1. The first kappa shape index (κ1) is 13.2. The molecule has 19 heavy (non-hydrogen) atoms. The van der Waals surface area contributed by atoms with Crippen molar-refractivity contribution in [3.63, 3.8) is 0 Å². The zero-order chi connectivity index (χ0) is 13.7. The molecule has 0 atom stereocenters. The quantitative estimate of drug-likeness (QED) is 0.751. The van der Waals surface area contributed by atoms with Gasteiger partial charge in [0.25, 0.3) is 0 Å². The van der Waals surface area contributed by atoms with Gasteiger partial charge in [-0.15, -0.1) is 5.10 Å². The van der Waals surface area contributed by atoms with E-state index in [1.165, 1.54) is 10.2 Å². The van der Waals surface area contributed by atoms with Crippen LogP contribution in [0.1, 0.15) is 25.3 Å². The van der Waals surface area contributed by atoms with Crippen molar-refractivity contribution in [2.75, 3.05) is 0 Å². The molecular weight excluding hydrogens is 244 g/mol. The van der Waals surface area contributed by atoms with Crippen molar-refractivity contribution in [2.45, 2.75) is 32.7 Å². The number of carboxylic acids is 1. The summed E-state index contributed by atoms with van der Waals surface area (Å²) in [7, 11) is 0. The Morgan fingerprint density at radius 1 is 1.32 bits per heavy atom. The summed E-state index contributed by atoms with van der Waals surface area (Å²) in [6.07, 6.45) is 3.36. The summed E-state index contributed by atoms with van der Waals surface area (Å²) in [6.45, 7) is 1.81. The van der Waals surface area contributed by atoms with Gasteiger partial charge in [-0.2, -0.15) is 0 Å². The Hall–Kier alpha value is -2.24. The molecule has 2 aromatic rings. The number of hydrogen-bond donors (Lipinski definition) is 0. The Morgan fingerprint density at radius 2 is 2.05 bits per heavy atom. The van der Waals surface area contributed by atoms with Crippen molar-refractivity contribution >= 4 is 5.97 Å². The number of hydrogen-bond acceptors (Lipinski definition) is 5. The van der Waals surface area contributed by atoms with Gasteiger partial charge in [-0.3, -0.25) is 0 Å². The highest BCUT2D eigenvalue weighted by Crippen LogP contribution is 2.17. The van der Waals surface area contributed by atoms with Crippen molar-refractivity contribution in [1.82, 2.24) is 20.2 Å². The van der Waals surface area contributed by atoms with E-state index in [2.05, 4.69) is 22.4 Å². The highest BCUT2D eigenvalue weighted by Gasteiger charge is 2.08. The molecular formula is C13H15N4O2-. The third kappa shape index (κ3) is 3.37. The van der Waals surface area contributed by atoms with E-state index in [0.29, 0.717) is 5.82 Å². The second-order valence-corrected chi connectivity index (χ2v) is 4.33. The number of aliphatic carboxylic acids is 1. The predicted molar refractivity (Wildman–Crippen MR) is 66.9 cm³/mol. The van der Waals surface area contributed by atoms with Gasteiger partial charge in [0.15, 0.2) is 5.82 Å². The molecule has 6 nitrogen and oxygen atoms in total. The number of carbonyl (C=O) groups is 1. The number of aromatic nitrogens is 4. The van der Waals surface area contributed by atoms with Crippen molar-refractivity contribution in [2.24, 2.45) is 0 Å². The summed E-state index contributed by atoms with van der Waals surface area (Å²) in [5, 5.41) is 21.6. The number of carboxylic acid groups (broad SMARTS) is 1. The average molecular weight is 259 g/mol. The second kappa shape index (κ2) is 6.08. The minimum absolute atomic E-state index is 0.347. The molecule has 1 heterocycles. The van der Waals surface area contributed by atoms with Crippen LogP contribution in [-0.2, 0) is 17.8 Å². The minimum atomic E-state index is -1.21. The lowest BCUT2D eigenvalue weighted by Crippen LogP contribution is -2.28. The molecule has 0 aliphatic rings. The van der Waals surface area contributed by atoms with Crippen LogP contribution in [0.2, 0.25) is 0 Å². The van der Waals surface area contributed by atoms with Gasteiger partial charge in [0.1, 0.15) is 0 Å². The standard InChI is InChI=1S/C13H16N4O2/c1-2-3-4-10-5-7-11(8-6-10)13-14-15-16-17(13)9-12(18)19/h5-8H,2-4,9H2,1H3,(H,18,19)/p-1. The highest BCUT2D eigenvalue weighted by atomic mass is 16.4. The molecule has 0 fully saturated rings. The zero-order valence-electron chi connectivity index (χ0n) is 10.7. The largest absolute Gasteiger partial charge is 0.548 e. The smallest absolute Gasteiger partial charge is 0.182 e. The molecule has 0 saturated carbocycles. The maximum absolute atomic E-state index is 10.6. The van der Waals surface area contributed by atoms with Gasteiger partial charge in [-0.05, 0) is 28.8 Å². The minimum Gasteiger partial charge on any atom is -0.548 e. The normalized spacial score (nSPS) is 10.6. The van der Waals surface area contributed by atoms with E-state index >= 15 is 0 Å². The van der Waals surface area contributed by atoms with Crippen LogP contribution in [0.3, 0.4) is 0 Å². The molecule has 0 radical (unpaired) electrons. The number of carbonyl (C=O) groups excluding carboxylic acids is 1. The number of nitrogens with zero attached hydrogens (tertiary/aromatic N) is 4. The molecule has 0 N–H and O–H groups in total. The molecule has 0 amide bonds. The van der Waals surface area contributed by atoms with Crippen LogP contribution in [0.15, 0.2) is 24.3 Å². The molecule has 0 unspecified atom stereocenters. The number of aryl methyl sites for hydroxylation is 1. The maximum atomic E-state index is 10.6. The molecule has 0 bridgehead atoms. The Labute approximate surface area is 111 Å². The maximum Gasteiger partial charge on any atom is 0.182 e. The molecule has 0 aliphatic carbocycles. The number of tetrazole rings is 1. The van der Waals surface area contributed by atoms with E-state index in [-0.39, 0.29) is 6.54 Å². The summed E-state index contributed by atoms with van der Waals surface area (Å²) in [5.74, 6) is -0.778. The monoisotopic (exact) mass is 259 g/mol. The fourth-order valence-corrected chi connectivity index (χ4v) is 1.84. The molecule has 0 saturated heterocycles. The van der Waals surface area contributed by atoms with E-state index in [4.69, 9.17) is 0 Å². The van der Waals surface area contributed by atoms with Crippen LogP contribution in [0.4, 0.5) is 0 Å². The van der Waals surface area contributed by atoms with Crippen molar-refractivity contribution < 1.29 is 9.90 Å². The molecule has 1 aromatic heterocycles. The van der Waals surface area contributed by atoms with E-state index in [9.17, 15) is 9.90 Å². The first-order valence-corrected chi connectivity index (χ1v) is 6.26. The molecule has 0 aliphatic heterocycles. The van der Waals surface area contributed by atoms with E-state index in [1.54, 1.807) is 0 Å². The van der Waals surface area contributed by atoms with E-state index in [0.717, 1.165) is 24.8 Å². The van der Waals surface area contributed by atoms with Crippen LogP contribution in [0, 0.1) is 0 Å². The van der Waals surface area contributed by atoms with Gasteiger partial charge in [0, 0.05) is 5.56 Å². The third-order valence-corrected chi connectivity index (χ3v) is 2.84. The molecule has 0 spiro atoms. The number of benzene rings is 1. The van der Waals surface area contributed by atoms with Crippen molar-refractivity contribution in [3.8, 4) is 11.4 Å². The van der Waals surface area contributed by atoms with Crippen LogP contribution in [0.25, 0.3) is 11.4 Å². The van der Waals surface area contributed by atoms with Crippen LogP contribution in [-0.4, -0.2) is 26.2 Å². The lowest BCUT2D eigenvalue weighted by Gasteiger charge is -2.06. The summed E-state index contributed by atoms with van der Waals surface area (Å²) < 4.78 is 1.22. The van der Waals surface area contributed by atoms with E-state index < -0.39 is 5.97 Å². The highest BCUT2D eigenvalue weighted by molar-refractivity contribution is 5.65. The Balaban J connectivity index is 2.18. The lowest BCUT2D eigenvalue weighted by molar-refractivity contribution is -0.306. The van der Waals surface area contributed by atoms with Gasteiger partial charge < -0.3 is 9.90 Å². The van der Waals surface area contributed by atoms with Gasteiger partial charge in [0.2, 0.25) is 0 Å². The topological polar surface area (TPSA) is 83.7 Å². The van der Waals surface area contributed by atoms with Gasteiger partial charge >= 0.3 is 0 Å². The SMILES string of the molecule is CCCCc1ccc(-c2nnnn2CC(=O)[O-])cc1. The summed E-state index contributed by atoms with van der Waals surface area (Å²) >= 11 is 0. The van der Waals surface area contributed by atoms with Crippen molar-refractivity contribution in [1.29, 1.82) is 0 Å². The van der Waals surface area contributed by atoms with Gasteiger partial charge in [-0.1, -0.05) is 37.6 Å². The first-order chi connectivity index (χ1) is 9.20. The molecule has 6 heteroatoms. The summed E-state index contributed by atoms with van der Waals surface area (Å²) in [4.78, 5) is 10.6. The fraction of sp³-hybridized carbons (Fsp3) is 0.385. The molecule has 100 valence electrons. The van der Waals surface area contributed by atoms with Crippen LogP contribution in [0.5, 0.6) is 0 Å².